The number of hydrogen-bond acceptors (Lipinski definition) is 3. The fraction of sp³-hybridized carbons (Fsp3) is 1.00. The van der Waals surface area contributed by atoms with Gasteiger partial charge in [-0.3, -0.25) is 4.90 Å². The first-order valence-corrected chi connectivity index (χ1v) is 7.21. The van der Waals surface area contributed by atoms with Crippen molar-refractivity contribution in [1.82, 2.24) is 10.2 Å². The lowest BCUT2D eigenvalue weighted by atomic mass is 10.1. The van der Waals surface area contributed by atoms with E-state index in [1.54, 1.807) is 0 Å². The lowest BCUT2D eigenvalue weighted by Gasteiger charge is -2.31. The van der Waals surface area contributed by atoms with E-state index in [2.05, 4.69) is 31.0 Å². The summed E-state index contributed by atoms with van der Waals surface area (Å²) in [5.74, 6) is 0.657. The molecule has 0 amide bonds. The standard InChI is InChI=1S/C14H30N2O/c1-12(2)15-10-13(3)11-16(8-9-17)14-6-4-5-7-14/h12-15,17H,4-11H2,1-3H3. The Morgan fingerprint density at radius 1 is 1.24 bits per heavy atom. The average Bonchev–Trinajstić information content (AvgIpc) is 2.79. The zero-order chi connectivity index (χ0) is 12.7. The molecule has 0 heterocycles. The van der Waals surface area contributed by atoms with Gasteiger partial charge in [-0.25, -0.2) is 0 Å². The number of nitrogens with one attached hydrogen (secondary N) is 1. The second-order valence-electron chi connectivity index (χ2n) is 5.82. The van der Waals surface area contributed by atoms with Crippen molar-refractivity contribution in [3.05, 3.63) is 0 Å². The first-order chi connectivity index (χ1) is 8.13. The Morgan fingerprint density at radius 3 is 2.41 bits per heavy atom. The third kappa shape index (κ3) is 5.84. The number of aliphatic hydroxyl groups excluding tert-OH is 1. The van der Waals surface area contributed by atoms with Crippen molar-refractivity contribution < 1.29 is 5.11 Å². The largest absolute Gasteiger partial charge is 0.395 e. The summed E-state index contributed by atoms with van der Waals surface area (Å²) in [5, 5.41) is 12.7. The highest BCUT2D eigenvalue weighted by molar-refractivity contribution is 4.79. The predicted molar refractivity (Wildman–Crippen MR) is 73.2 cm³/mol. The molecule has 102 valence electrons. The van der Waals surface area contributed by atoms with Gasteiger partial charge in [0.25, 0.3) is 0 Å². The molecule has 1 fully saturated rings. The van der Waals surface area contributed by atoms with Crippen molar-refractivity contribution in [3.8, 4) is 0 Å². The predicted octanol–water partition coefficient (Wildman–Crippen LogP) is 1.86. The number of aliphatic hydroxyl groups is 1. The maximum atomic E-state index is 9.17. The van der Waals surface area contributed by atoms with E-state index >= 15 is 0 Å². The molecule has 0 spiro atoms. The third-order valence-electron chi connectivity index (χ3n) is 3.65. The molecule has 0 aromatic carbocycles. The summed E-state index contributed by atoms with van der Waals surface area (Å²) in [7, 11) is 0. The molecule has 0 aromatic rings. The molecule has 0 saturated heterocycles. The van der Waals surface area contributed by atoms with Crippen LogP contribution in [0.3, 0.4) is 0 Å². The van der Waals surface area contributed by atoms with E-state index in [0.717, 1.165) is 25.7 Å². The van der Waals surface area contributed by atoms with Gasteiger partial charge in [0.1, 0.15) is 0 Å². The van der Waals surface area contributed by atoms with Gasteiger partial charge in [-0.05, 0) is 25.3 Å². The minimum Gasteiger partial charge on any atom is -0.395 e. The first kappa shape index (κ1) is 14.9. The van der Waals surface area contributed by atoms with Gasteiger partial charge < -0.3 is 10.4 Å². The lowest BCUT2D eigenvalue weighted by Crippen LogP contribution is -2.41. The minimum absolute atomic E-state index is 0.292. The molecule has 1 saturated carbocycles. The van der Waals surface area contributed by atoms with Crippen LogP contribution >= 0.6 is 0 Å². The van der Waals surface area contributed by atoms with Gasteiger partial charge in [0.15, 0.2) is 0 Å². The van der Waals surface area contributed by atoms with Crippen molar-refractivity contribution in [1.29, 1.82) is 0 Å². The van der Waals surface area contributed by atoms with Crippen LogP contribution in [0.2, 0.25) is 0 Å². The van der Waals surface area contributed by atoms with E-state index in [4.69, 9.17) is 0 Å². The number of rotatable bonds is 8. The van der Waals surface area contributed by atoms with E-state index in [9.17, 15) is 5.11 Å². The summed E-state index contributed by atoms with van der Waals surface area (Å²) < 4.78 is 0. The van der Waals surface area contributed by atoms with Gasteiger partial charge in [0.2, 0.25) is 0 Å². The molecule has 2 N–H and O–H groups in total. The molecular weight excluding hydrogens is 212 g/mol. The lowest BCUT2D eigenvalue weighted by molar-refractivity contribution is 0.133. The van der Waals surface area contributed by atoms with Crippen LogP contribution in [0, 0.1) is 5.92 Å². The average molecular weight is 242 g/mol. The zero-order valence-corrected chi connectivity index (χ0v) is 11.8. The Balaban J connectivity index is 2.31. The van der Waals surface area contributed by atoms with Crippen LogP contribution in [0.4, 0.5) is 0 Å². The highest BCUT2D eigenvalue weighted by Gasteiger charge is 2.23. The molecule has 1 unspecified atom stereocenters. The smallest absolute Gasteiger partial charge is 0.0558 e. The second kappa shape index (κ2) is 8.06. The second-order valence-corrected chi connectivity index (χ2v) is 5.82. The van der Waals surface area contributed by atoms with Crippen LogP contribution in [0.25, 0.3) is 0 Å². The van der Waals surface area contributed by atoms with Gasteiger partial charge >= 0.3 is 0 Å². The van der Waals surface area contributed by atoms with Crippen LogP contribution in [0.5, 0.6) is 0 Å². The molecular formula is C14H30N2O. The zero-order valence-electron chi connectivity index (χ0n) is 11.8. The highest BCUT2D eigenvalue weighted by Crippen LogP contribution is 2.23. The molecule has 1 aliphatic carbocycles. The van der Waals surface area contributed by atoms with Crippen LogP contribution in [-0.2, 0) is 0 Å². The van der Waals surface area contributed by atoms with E-state index < -0.39 is 0 Å². The fourth-order valence-corrected chi connectivity index (χ4v) is 2.72. The molecule has 1 rings (SSSR count). The minimum atomic E-state index is 0.292. The summed E-state index contributed by atoms with van der Waals surface area (Å²) >= 11 is 0. The highest BCUT2D eigenvalue weighted by atomic mass is 16.3. The summed E-state index contributed by atoms with van der Waals surface area (Å²) in [6.45, 7) is 10.0. The Labute approximate surface area is 107 Å². The fourth-order valence-electron chi connectivity index (χ4n) is 2.72. The molecule has 0 aliphatic heterocycles. The van der Waals surface area contributed by atoms with E-state index in [0.29, 0.717) is 18.6 Å². The normalized spacial score (nSPS) is 19.4. The van der Waals surface area contributed by atoms with Crippen molar-refractivity contribution in [2.45, 2.75) is 58.5 Å². The van der Waals surface area contributed by atoms with Crippen molar-refractivity contribution in [2.24, 2.45) is 5.92 Å². The topological polar surface area (TPSA) is 35.5 Å². The monoisotopic (exact) mass is 242 g/mol. The molecule has 0 aromatic heterocycles. The molecule has 1 aliphatic rings. The molecule has 3 nitrogen and oxygen atoms in total. The SMILES string of the molecule is CC(CNC(C)C)CN(CCO)C1CCCC1. The molecule has 1 atom stereocenters. The summed E-state index contributed by atoms with van der Waals surface area (Å²) in [4.78, 5) is 2.50. The van der Waals surface area contributed by atoms with E-state index in [1.807, 2.05) is 0 Å². The molecule has 0 radical (unpaired) electrons. The van der Waals surface area contributed by atoms with Gasteiger partial charge in [-0.2, -0.15) is 0 Å². The Bertz CT molecular complexity index is 191. The van der Waals surface area contributed by atoms with Gasteiger partial charge in [-0.1, -0.05) is 33.6 Å². The summed E-state index contributed by atoms with van der Waals surface area (Å²) in [5.41, 5.74) is 0. The van der Waals surface area contributed by atoms with E-state index in [1.165, 1.54) is 25.7 Å². The van der Waals surface area contributed by atoms with Crippen LogP contribution in [-0.4, -0.2) is 48.3 Å². The first-order valence-electron chi connectivity index (χ1n) is 7.21. The van der Waals surface area contributed by atoms with Crippen molar-refractivity contribution in [2.75, 3.05) is 26.2 Å². The summed E-state index contributed by atoms with van der Waals surface area (Å²) in [6, 6.07) is 1.29. The third-order valence-corrected chi connectivity index (χ3v) is 3.65. The van der Waals surface area contributed by atoms with Crippen LogP contribution in [0.15, 0.2) is 0 Å². The number of nitrogens with zero attached hydrogens (tertiary/aromatic N) is 1. The maximum Gasteiger partial charge on any atom is 0.0558 e. The Morgan fingerprint density at radius 2 is 1.88 bits per heavy atom. The molecule has 0 bridgehead atoms. The van der Waals surface area contributed by atoms with Crippen molar-refractivity contribution in [3.63, 3.8) is 0 Å². The van der Waals surface area contributed by atoms with Gasteiger partial charge in [-0.15, -0.1) is 0 Å². The maximum absolute atomic E-state index is 9.17. The number of hydrogen-bond donors (Lipinski definition) is 2. The van der Waals surface area contributed by atoms with Crippen molar-refractivity contribution >= 4 is 0 Å². The molecule has 17 heavy (non-hydrogen) atoms. The van der Waals surface area contributed by atoms with Gasteiger partial charge in [0.05, 0.1) is 6.61 Å². The van der Waals surface area contributed by atoms with Crippen LogP contribution < -0.4 is 5.32 Å². The molecule has 3 heteroatoms. The quantitative estimate of drug-likeness (QED) is 0.682. The summed E-state index contributed by atoms with van der Waals surface area (Å²) in [6.07, 6.45) is 5.38. The van der Waals surface area contributed by atoms with E-state index in [-0.39, 0.29) is 0 Å². The van der Waals surface area contributed by atoms with Crippen LogP contribution in [0.1, 0.15) is 46.5 Å². The Hall–Kier alpha value is -0.120. The Kier molecular flexibility index (Phi) is 7.09. The van der Waals surface area contributed by atoms with Gasteiger partial charge in [0, 0.05) is 25.2 Å².